The van der Waals surface area contributed by atoms with Gasteiger partial charge in [0.15, 0.2) is 0 Å². The van der Waals surface area contributed by atoms with Crippen LogP contribution >= 0.6 is 11.8 Å². The minimum Gasteiger partial charge on any atom is -0.497 e. The van der Waals surface area contributed by atoms with Crippen LogP contribution in [0.15, 0.2) is 70.6 Å². The monoisotopic (exact) mass is 511 g/mol. The molecule has 0 spiro atoms. The number of rotatable bonds is 5. The minimum atomic E-state index is -4.42. The molecule has 36 heavy (non-hydrogen) atoms. The van der Waals surface area contributed by atoms with E-state index in [1.807, 2.05) is 50.2 Å². The van der Waals surface area contributed by atoms with Crippen molar-refractivity contribution in [3.8, 4) is 5.75 Å². The number of nitrogens with zero attached hydrogens (tertiary/aromatic N) is 2. The number of benzene rings is 3. The fourth-order valence-electron chi connectivity index (χ4n) is 3.59. The number of anilines is 1. The van der Waals surface area contributed by atoms with Gasteiger partial charge in [0.05, 0.1) is 40.6 Å². The van der Waals surface area contributed by atoms with E-state index in [0.717, 1.165) is 51.7 Å². The van der Waals surface area contributed by atoms with Gasteiger partial charge in [-0.05, 0) is 91.2 Å². The molecule has 186 valence electrons. The largest absolute Gasteiger partial charge is 0.497 e. The molecule has 0 aliphatic carbocycles. The maximum Gasteiger partial charge on any atom is 0.416 e. The van der Waals surface area contributed by atoms with Gasteiger partial charge in [-0.3, -0.25) is 9.79 Å². The SMILES string of the molecule is COc1ccc(C2=Nc3cc(C)c(C)cc3N=C(SCC(=O)Nc3ccc(C(F)(F)F)cc3)C2)cc1. The number of hydrogen-bond donors (Lipinski definition) is 1. The summed E-state index contributed by atoms with van der Waals surface area (Å²) in [6, 6.07) is 15.9. The zero-order chi connectivity index (χ0) is 25.9. The molecule has 1 aliphatic heterocycles. The molecule has 0 aromatic heterocycles. The van der Waals surface area contributed by atoms with E-state index in [2.05, 4.69) is 5.32 Å². The molecule has 1 N–H and O–H groups in total. The third-order valence-electron chi connectivity index (χ3n) is 5.70. The fraction of sp³-hybridized carbons (Fsp3) is 0.222. The number of alkyl halides is 3. The Labute approximate surface area is 211 Å². The second kappa shape index (κ2) is 10.6. The van der Waals surface area contributed by atoms with Gasteiger partial charge in [-0.15, -0.1) is 11.8 Å². The summed E-state index contributed by atoms with van der Waals surface area (Å²) in [6.07, 6.45) is -4.00. The van der Waals surface area contributed by atoms with Crippen LogP contribution in [0.5, 0.6) is 5.75 Å². The lowest BCUT2D eigenvalue weighted by Crippen LogP contribution is -2.16. The van der Waals surface area contributed by atoms with Crippen LogP contribution in [0.3, 0.4) is 0 Å². The molecule has 4 rings (SSSR count). The molecule has 3 aromatic rings. The molecular weight excluding hydrogens is 487 g/mol. The summed E-state index contributed by atoms with van der Waals surface area (Å²) in [5, 5.41) is 3.36. The van der Waals surface area contributed by atoms with E-state index in [1.54, 1.807) is 7.11 Å². The lowest BCUT2D eigenvalue weighted by atomic mass is 10.1. The number of halogens is 3. The molecule has 0 bridgehead atoms. The van der Waals surface area contributed by atoms with Gasteiger partial charge in [0.2, 0.25) is 5.91 Å². The highest BCUT2D eigenvalue weighted by molar-refractivity contribution is 8.14. The van der Waals surface area contributed by atoms with Crippen LogP contribution in [0.4, 0.5) is 30.2 Å². The third-order valence-corrected chi connectivity index (χ3v) is 6.67. The maximum absolute atomic E-state index is 12.8. The highest BCUT2D eigenvalue weighted by Gasteiger charge is 2.30. The second-order valence-corrected chi connectivity index (χ2v) is 9.36. The van der Waals surface area contributed by atoms with E-state index >= 15 is 0 Å². The summed E-state index contributed by atoms with van der Waals surface area (Å²) in [6.45, 7) is 4.03. The van der Waals surface area contributed by atoms with Gasteiger partial charge >= 0.3 is 6.18 Å². The Morgan fingerprint density at radius 3 is 2.17 bits per heavy atom. The zero-order valence-electron chi connectivity index (χ0n) is 19.9. The number of fused-ring (bicyclic) bond motifs is 1. The Balaban J connectivity index is 1.53. The maximum atomic E-state index is 12.8. The first-order chi connectivity index (χ1) is 17.1. The molecule has 0 unspecified atom stereocenters. The number of thioether (sulfide) groups is 1. The molecular formula is C27H24F3N3O2S. The number of carbonyl (C=O) groups is 1. The molecule has 0 saturated heterocycles. The predicted octanol–water partition coefficient (Wildman–Crippen LogP) is 7.26. The van der Waals surface area contributed by atoms with E-state index in [1.165, 1.54) is 23.9 Å². The number of methoxy groups -OCH3 is 1. The van der Waals surface area contributed by atoms with Crippen molar-refractivity contribution in [3.05, 3.63) is 82.9 Å². The number of aryl methyl sites for hydroxylation is 2. The molecule has 0 radical (unpaired) electrons. The summed E-state index contributed by atoms with van der Waals surface area (Å²) < 4.78 is 43.6. The van der Waals surface area contributed by atoms with Crippen LogP contribution in [0.2, 0.25) is 0 Å². The Hall–Kier alpha value is -3.59. The van der Waals surface area contributed by atoms with Crippen molar-refractivity contribution < 1.29 is 22.7 Å². The topological polar surface area (TPSA) is 63.1 Å². The van der Waals surface area contributed by atoms with Gasteiger partial charge < -0.3 is 10.1 Å². The highest BCUT2D eigenvalue weighted by Crippen LogP contribution is 2.36. The third kappa shape index (κ3) is 6.15. The number of amides is 1. The summed E-state index contributed by atoms with van der Waals surface area (Å²) in [5.41, 5.74) is 4.95. The lowest BCUT2D eigenvalue weighted by molar-refractivity contribution is -0.137. The van der Waals surface area contributed by atoms with Crippen molar-refractivity contribution in [2.45, 2.75) is 26.4 Å². The summed E-state index contributed by atoms with van der Waals surface area (Å²) in [5.74, 6) is 0.452. The quantitative estimate of drug-likeness (QED) is 0.392. The Kier molecular flexibility index (Phi) is 7.49. The number of carbonyl (C=O) groups excluding carboxylic acids is 1. The Bertz CT molecular complexity index is 1330. The van der Waals surface area contributed by atoms with Crippen molar-refractivity contribution in [2.24, 2.45) is 9.98 Å². The van der Waals surface area contributed by atoms with Crippen LogP contribution < -0.4 is 10.1 Å². The predicted molar refractivity (Wildman–Crippen MR) is 139 cm³/mol. The van der Waals surface area contributed by atoms with Gasteiger partial charge in [0.1, 0.15) is 5.75 Å². The summed E-state index contributed by atoms with van der Waals surface area (Å²) in [4.78, 5) is 22.2. The van der Waals surface area contributed by atoms with Gasteiger partial charge in [-0.1, -0.05) is 0 Å². The lowest BCUT2D eigenvalue weighted by Gasteiger charge is -2.10. The Morgan fingerprint density at radius 2 is 1.58 bits per heavy atom. The van der Waals surface area contributed by atoms with Gasteiger partial charge in [0, 0.05) is 12.1 Å². The van der Waals surface area contributed by atoms with E-state index in [0.29, 0.717) is 17.2 Å². The van der Waals surface area contributed by atoms with Crippen LogP contribution in [-0.4, -0.2) is 29.5 Å². The molecule has 1 aliphatic rings. The van der Waals surface area contributed by atoms with Crippen molar-refractivity contribution in [3.63, 3.8) is 0 Å². The fourth-order valence-corrected chi connectivity index (χ4v) is 4.36. The molecule has 1 heterocycles. The molecule has 1 amide bonds. The molecule has 3 aromatic carbocycles. The van der Waals surface area contributed by atoms with Crippen molar-refractivity contribution in [1.29, 1.82) is 0 Å². The van der Waals surface area contributed by atoms with Crippen molar-refractivity contribution in [1.82, 2.24) is 0 Å². The van der Waals surface area contributed by atoms with E-state index in [4.69, 9.17) is 14.7 Å². The number of hydrogen-bond acceptors (Lipinski definition) is 5. The highest BCUT2D eigenvalue weighted by atomic mass is 32.2. The van der Waals surface area contributed by atoms with Gasteiger partial charge in [0.25, 0.3) is 0 Å². The van der Waals surface area contributed by atoms with Crippen molar-refractivity contribution in [2.75, 3.05) is 18.2 Å². The van der Waals surface area contributed by atoms with Crippen molar-refractivity contribution >= 4 is 45.5 Å². The van der Waals surface area contributed by atoms with Crippen LogP contribution in [0, 0.1) is 13.8 Å². The first kappa shape index (κ1) is 25.5. The zero-order valence-corrected chi connectivity index (χ0v) is 20.8. The standard InChI is InChI=1S/C27H24F3N3O2S/c1-16-12-23-24(13-17(16)2)33-26(14-22(32-23)18-4-10-21(35-3)11-5-18)36-15-25(34)31-20-8-6-19(7-9-20)27(28,29)30/h4-13H,14-15H2,1-3H3,(H,31,34). The minimum absolute atomic E-state index is 0.0515. The molecule has 9 heteroatoms. The smallest absolute Gasteiger partial charge is 0.416 e. The van der Waals surface area contributed by atoms with E-state index in [9.17, 15) is 18.0 Å². The first-order valence-electron chi connectivity index (χ1n) is 11.1. The Morgan fingerprint density at radius 1 is 0.972 bits per heavy atom. The summed E-state index contributed by atoms with van der Waals surface area (Å²) >= 11 is 1.28. The van der Waals surface area contributed by atoms with Crippen LogP contribution in [-0.2, 0) is 11.0 Å². The second-order valence-electron chi connectivity index (χ2n) is 8.31. The van der Waals surface area contributed by atoms with E-state index < -0.39 is 11.7 Å². The van der Waals surface area contributed by atoms with Crippen LogP contribution in [0.25, 0.3) is 0 Å². The first-order valence-corrected chi connectivity index (χ1v) is 12.1. The number of aliphatic imine (C=N–C) groups is 2. The number of nitrogens with one attached hydrogen (secondary N) is 1. The average molecular weight is 512 g/mol. The number of ether oxygens (including phenoxy) is 1. The average Bonchev–Trinajstić information content (AvgIpc) is 3.02. The molecule has 5 nitrogen and oxygen atoms in total. The van der Waals surface area contributed by atoms with Gasteiger partial charge in [-0.2, -0.15) is 13.2 Å². The van der Waals surface area contributed by atoms with E-state index in [-0.39, 0.29) is 11.7 Å². The molecule has 0 atom stereocenters. The summed E-state index contributed by atoms with van der Waals surface area (Å²) in [7, 11) is 1.61. The molecule has 0 fully saturated rings. The molecule has 0 saturated carbocycles. The van der Waals surface area contributed by atoms with Gasteiger partial charge in [-0.25, -0.2) is 4.99 Å². The van der Waals surface area contributed by atoms with Crippen LogP contribution in [0.1, 0.15) is 28.7 Å². The normalized spacial score (nSPS) is 13.3.